The highest BCUT2D eigenvalue weighted by atomic mass is 32.2. The van der Waals surface area contributed by atoms with Crippen molar-refractivity contribution in [2.45, 2.75) is 30.7 Å². The molecule has 0 spiro atoms. The summed E-state index contributed by atoms with van der Waals surface area (Å²) in [4.78, 5) is 0.301. The zero-order chi connectivity index (χ0) is 14.3. The van der Waals surface area contributed by atoms with Crippen LogP contribution in [0.25, 0.3) is 10.8 Å². The number of hydrogen-bond acceptors (Lipinski definition) is 3. The Morgan fingerprint density at radius 1 is 1.15 bits per heavy atom. The van der Waals surface area contributed by atoms with Gasteiger partial charge in [-0.05, 0) is 37.8 Å². The first-order chi connectivity index (χ1) is 9.49. The quantitative estimate of drug-likeness (QED) is 0.850. The second-order valence-electron chi connectivity index (χ2n) is 5.45. The van der Waals surface area contributed by atoms with Gasteiger partial charge in [-0.25, -0.2) is 13.1 Å². The van der Waals surface area contributed by atoms with Gasteiger partial charge in [0.2, 0.25) is 10.0 Å². The van der Waals surface area contributed by atoms with E-state index in [0.717, 1.165) is 18.2 Å². The summed E-state index contributed by atoms with van der Waals surface area (Å²) >= 11 is 0. The minimum Gasteiger partial charge on any atom is -0.398 e. The summed E-state index contributed by atoms with van der Waals surface area (Å²) in [6.45, 7) is 1.93. The maximum Gasteiger partial charge on any atom is 0.241 e. The standard InChI is InChI=1S/C15H18N2O2S/c1-10(11-6-7-11)17-20(18,19)15-9-8-14(16)12-4-2-3-5-13(12)15/h2-5,8-11,17H,6-7,16H2,1H3. The van der Waals surface area contributed by atoms with Crippen LogP contribution in [-0.4, -0.2) is 14.5 Å². The number of benzene rings is 2. The predicted octanol–water partition coefficient (Wildman–Crippen LogP) is 2.50. The van der Waals surface area contributed by atoms with Crippen LogP contribution >= 0.6 is 0 Å². The molecule has 2 aromatic carbocycles. The van der Waals surface area contributed by atoms with E-state index in [-0.39, 0.29) is 6.04 Å². The Balaban J connectivity index is 2.07. The number of nitrogens with two attached hydrogens (primary N) is 1. The molecule has 1 unspecified atom stereocenters. The van der Waals surface area contributed by atoms with E-state index in [1.54, 1.807) is 18.2 Å². The maximum absolute atomic E-state index is 12.5. The smallest absolute Gasteiger partial charge is 0.241 e. The fraction of sp³-hybridized carbons (Fsp3) is 0.333. The number of hydrogen-bond donors (Lipinski definition) is 2. The molecule has 2 aromatic rings. The van der Waals surface area contributed by atoms with Crippen molar-refractivity contribution in [2.75, 3.05) is 5.73 Å². The number of fused-ring (bicyclic) bond motifs is 1. The molecule has 0 aromatic heterocycles. The minimum absolute atomic E-state index is 0.0173. The van der Waals surface area contributed by atoms with Gasteiger partial charge in [0, 0.05) is 22.5 Å². The third kappa shape index (κ3) is 2.39. The lowest BCUT2D eigenvalue weighted by Gasteiger charge is -2.15. The van der Waals surface area contributed by atoms with Gasteiger partial charge in [0.25, 0.3) is 0 Å². The minimum atomic E-state index is -3.51. The van der Waals surface area contributed by atoms with E-state index in [0.29, 0.717) is 21.9 Å². The lowest BCUT2D eigenvalue weighted by molar-refractivity contribution is 0.539. The van der Waals surface area contributed by atoms with Crippen molar-refractivity contribution in [1.82, 2.24) is 4.72 Å². The number of nitrogen functional groups attached to an aromatic ring is 1. The average molecular weight is 290 g/mol. The summed E-state index contributed by atoms with van der Waals surface area (Å²) in [6, 6.07) is 10.5. The second kappa shape index (κ2) is 4.75. The molecule has 3 N–H and O–H groups in total. The molecule has 1 aliphatic carbocycles. The fourth-order valence-electron chi connectivity index (χ4n) is 2.53. The van der Waals surface area contributed by atoms with E-state index in [1.807, 2.05) is 25.1 Å². The Morgan fingerprint density at radius 3 is 2.45 bits per heavy atom. The zero-order valence-electron chi connectivity index (χ0n) is 11.3. The second-order valence-corrected chi connectivity index (χ2v) is 7.13. The van der Waals surface area contributed by atoms with Crippen molar-refractivity contribution in [1.29, 1.82) is 0 Å². The Hall–Kier alpha value is -1.59. The molecule has 0 aliphatic heterocycles. The van der Waals surface area contributed by atoms with E-state index in [9.17, 15) is 8.42 Å². The first-order valence-corrected chi connectivity index (χ1v) is 8.27. The van der Waals surface area contributed by atoms with E-state index in [4.69, 9.17) is 5.73 Å². The maximum atomic E-state index is 12.5. The van der Waals surface area contributed by atoms with Crippen molar-refractivity contribution >= 4 is 26.5 Å². The van der Waals surface area contributed by atoms with E-state index in [1.165, 1.54) is 0 Å². The Bertz CT molecular complexity index is 752. The first kappa shape index (κ1) is 13.4. The van der Waals surface area contributed by atoms with Gasteiger partial charge in [0.05, 0.1) is 4.90 Å². The summed E-state index contributed by atoms with van der Waals surface area (Å²) in [5.41, 5.74) is 6.51. The molecule has 1 atom stereocenters. The van der Waals surface area contributed by atoms with Gasteiger partial charge in [-0.1, -0.05) is 24.3 Å². The highest BCUT2D eigenvalue weighted by Crippen LogP contribution is 2.34. The van der Waals surface area contributed by atoms with Crippen molar-refractivity contribution in [3.05, 3.63) is 36.4 Å². The lowest BCUT2D eigenvalue weighted by atomic mass is 10.1. The molecule has 20 heavy (non-hydrogen) atoms. The Morgan fingerprint density at radius 2 is 1.80 bits per heavy atom. The molecular formula is C15H18N2O2S. The first-order valence-electron chi connectivity index (χ1n) is 6.78. The summed E-state index contributed by atoms with van der Waals surface area (Å²) < 4.78 is 27.9. The molecule has 0 bridgehead atoms. The SMILES string of the molecule is CC(NS(=O)(=O)c1ccc(N)c2ccccc12)C1CC1. The fourth-order valence-corrected chi connectivity index (χ4v) is 4.05. The molecule has 1 aliphatic rings. The molecule has 1 fully saturated rings. The number of sulfonamides is 1. The van der Waals surface area contributed by atoms with Gasteiger partial charge in [-0.15, -0.1) is 0 Å². The van der Waals surface area contributed by atoms with Crippen LogP contribution in [-0.2, 0) is 10.0 Å². The predicted molar refractivity (Wildman–Crippen MR) is 80.9 cm³/mol. The van der Waals surface area contributed by atoms with Gasteiger partial charge in [-0.2, -0.15) is 0 Å². The molecular weight excluding hydrogens is 272 g/mol. The van der Waals surface area contributed by atoms with Crippen molar-refractivity contribution in [3.63, 3.8) is 0 Å². The van der Waals surface area contributed by atoms with Crippen LogP contribution in [0.1, 0.15) is 19.8 Å². The third-order valence-corrected chi connectivity index (χ3v) is 5.49. The molecule has 0 radical (unpaired) electrons. The van der Waals surface area contributed by atoms with Gasteiger partial charge in [-0.3, -0.25) is 0 Å². The van der Waals surface area contributed by atoms with Crippen LogP contribution in [0.2, 0.25) is 0 Å². The molecule has 0 saturated heterocycles. The number of nitrogens with one attached hydrogen (secondary N) is 1. The van der Waals surface area contributed by atoms with Crippen LogP contribution in [0.15, 0.2) is 41.3 Å². The molecule has 0 heterocycles. The number of anilines is 1. The molecule has 106 valence electrons. The highest BCUT2D eigenvalue weighted by Gasteiger charge is 2.31. The Kier molecular flexibility index (Phi) is 3.18. The summed E-state index contributed by atoms with van der Waals surface area (Å²) in [7, 11) is -3.51. The van der Waals surface area contributed by atoms with E-state index >= 15 is 0 Å². The summed E-state index contributed by atoms with van der Waals surface area (Å²) in [6.07, 6.45) is 2.21. The van der Waals surface area contributed by atoms with Gasteiger partial charge >= 0.3 is 0 Å². The normalized spacial score (nSPS) is 17.2. The lowest BCUT2D eigenvalue weighted by Crippen LogP contribution is -2.34. The van der Waals surface area contributed by atoms with Crippen LogP contribution in [0.3, 0.4) is 0 Å². The van der Waals surface area contributed by atoms with E-state index in [2.05, 4.69) is 4.72 Å². The molecule has 0 amide bonds. The van der Waals surface area contributed by atoms with Crippen LogP contribution < -0.4 is 10.5 Å². The third-order valence-electron chi connectivity index (χ3n) is 3.88. The van der Waals surface area contributed by atoms with Crippen LogP contribution in [0.4, 0.5) is 5.69 Å². The van der Waals surface area contributed by atoms with Crippen molar-refractivity contribution < 1.29 is 8.42 Å². The van der Waals surface area contributed by atoms with Crippen LogP contribution in [0, 0.1) is 5.92 Å². The zero-order valence-corrected chi connectivity index (χ0v) is 12.2. The summed E-state index contributed by atoms with van der Waals surface area (Å²) in [5.74, 6) is 0.477. The molecule has 5 heteroatoms. The molecule has 4 nitrogen and oxygen atoms in total. The molecule has 3 rings (SSSR count). The largest absolute Gasteiger partial charge is 0.398 e. The van der Waals surface area contributed by atoms with E-state index < -0.39 is 10.0 Å². The monoisotopic (exact) mass is 290 g/mol. The summed E-state index contributed by atoms with van der Waals surface area (Å²) in [5, 5.41) is 1.44. The average Bonchev–Trinajstić information content (AvgIpc) is 3.23. The van der Waals surface area contributed by atoms with Gasteiger partial charge in [0.15, 0.2) is 0 Å². The topological polar surface area (TPSA) is 72.2 Å². The van der Waals surface area contributed by atoms with Crippen molar-refractivity contribution in [2.24, 2.45) is 5.92 Å². The van der Waals surface area contributed by atoms with Gasteiger partial charge < -0.3 is 5.73 Å². The Labute approximate surface area is 119 Å². The molecule has 1 saturated carbocycles. The van der Waals surface area contributed by atoms with Crippen molar-refractivity contribution in [3.8, 4) is 0 Å². The van der Waals surface area contributed by atoms with Gasteiger partial charge in [0.1, 0.15) is 0 Å². The highest BCUT2D eigenvalue weighted by molar-refractivity contribution is 7.89. The number of rotatable bonds is 4. The van der Waals surface area contributed by atoms with Crippen LogP contribution in [0.5, 0.6) is 0 Å².